The highest BCUT2D eigenvalue weighted by Crippen LogP contribution is 2.21. The van der Waals surface area contributed by atoms with Crippen LogP contribution in [-0.4, -0.2) is 51.0 Å². The van der Waals surface area contributed by atoms with Gasteiger partial charge < -0.3 is 20.1 Å². The summed E-state index contributed by atoms with van der Waals surface area (Å²) in [4.78, 5) is 8.97. The SMILES string of the molecule is CN=C(NCCCOCC1CCOCC1)NCc1nc(-c2ccccc2)cs1.I. The van der Waals surface area contributed by atoms with E-state index in [0.717, 1.165) is 74.5 Å². The van der Waals surface area contributed by atoms with Gasteiger partial charge in [0.05, 0.1) is 12.2 Å². The van der Waals surface area contributed by atoms with Crippen molar-refractivity contribution < 1.29 is 9.47 Å². The predicted octanol–water partition coefficient (Wildman–Crippen LogP) is 3.93. The minimum absolute atomic E-state index is 0. The minimum Gasteiger partial charge on any atom is -0.381 e. The van der Waals surface area contributed by atoms with Crippen LogP contribution < -0.4 is 10.6 Å². The maximum atomic E-state index is 5.80. The fraction of sp³-hybridized carbons (Fsp3) is 0.524. The van der Waals surface area contributed by atoms with Crippen LogP contribution in [0, 0.1) is 5.92 Å². The van der Waals surface area contributed by atoms with Crippen LogP contribution in [-0.2, 0) is 16.0 Å². The van der Waals surface area contributed by atoms with E-state index in [1.54, 1.807) is 18.4 Å². The number of hydrogen-bond acceptors (Lipinski definition) is 5. The number of nitrogens with zero attached hydrogens (tertiary/aromatic N) is 2. The molecular formula is C21H31IN4O2S. The van der Waals surface area contributed by atoms with Crippen molar-refractivity contribution in [2.75, 3.05) is 40.0 Å². The summed E-state index contributed by atoms with van der Waals surface area (Å²) in [5.41, 5.74) is 2.17. The van der Waals surface area contributed by atoms with E-state index in [0.29, 0.717) is 12.5 Å². The summed E-state index contributed by atoms with van der Waals surface area (Å²) >= 11 is 1.66. The molecule has 0 aliphatic carbocycles. The van der Waals surface area contributed by atoms with Gasteiger partial charge in [-0.2, -0.15) is 0 Å². The Balaban J connectivity index is 0.00000300. The molecule has 1 aromatic carbocycles. The van der Waals surface area contributed by atoms with Gasteiger partial charge in [0.25, 0.3) is 0 Å². The van der Waals surface area contributed by atoms with Gasteiger partial charge in [-0.05, 0) is 25.2 Å². The number of thiazole rings is 1. The molecule has 0 atom stereocenters. The number of halogens is 1. The van der Waals surface area contributed by atoms with Crippen molar-refractivity contribution >= 4 is 41.3 Å². The van der Waals surface area contributed by atoms with Gasteiger partial charge in [-0.3, -0.25) is 4.99 Å². The Labute approximate surface area is 194 Å². The second kappa shape index (κ2) is 13.9. The third-order valence-corrected chi connectivity index (χ3v) is 5.55. The quantitative estimate of drug-likeness (QED) is 0.223. The molecule has 8 heteroatoms. The molecule has 1 aromatic heterocycles. The summed E-state index contributed by atoms with van der Waals surface area (Å²) in [7, 11) is 1.79. The van der Waals surface area contributed by atoms with Crippen molar-refractivity contribution in [1.29, 1.82) is 0 Å². The second-order valence-corrected chi connectivity index (χ2v) is 7.77. The Morgan fingerprint density at radius 3 is 2.79 bits per heavy atom. The highest BCUT2D eigenvalue weighted by molar-refractivity contribution is 14.0. The molecule has 0 amide bonds. The third kappa shape index (κ3) is 8.57. The summed E-state index contributed by atoms with van der Waals surface area (Å²) in [6.45, 7) is 4.88. The zero-order chi connectivity index (χ0) is 19.4. The molecule has 6 nitrogen and oxygen atoms in total. The van der Waals surface area contributed by atoms with Gasteiger partial charge in [-0.1, -0.05) is 30.3 Å². The Morgan fingerprint density at radius 2 is 2.03 bits per heavy atom. The van der Waals surface area contributed by atoms with E-state index in [-0.39, 0.29) is 24.0 Å². The van der Waals surface area contributed by atoms with Crippen LogP contribution in [0.5, 0.6) is 0 Å². The molecule has 2 heterocycles. The van der Waals surface area contributed by atoms with Gasteiger partial charge in [-0.25, -0.2) is 4.98 Å². The fourth-order valence-corrected chi connectivity index (χ4v) is 3.80. The second-order valence-electron chi connectivity index (χ2n) is 6.83. The molecule has 1 fully saturated rings. The van der Waals surface area contributed by atoms with Crippen molar-refractivity contribution in [3.8, 4) is 11.3 Å². The van der Waals surface area contributed by atoms with E-state index in [1.807, 2.05) is 18.2 Å². The summed E-state index contributed by atoms with van der Waals surface area (Å²) in [5, 5.41) is 9.80. The van der Waals surface area contributed by atoms with E-state index in [4.69, 9.17) is 14.5 Å². The molecule has 0 bridgehead atoms. The molecule has 29 heavy (non-hydrogen) atoms. The monoisotopic (exact) mass is 530 g/mol. The lowest BCUT2D eigenvalue weighted by molar-refractivity contribution is 0.0203. The molecular weight excluding hydrogens is 499 g/mol. The lowest BCUT2D eigenvalue weighted by Crippen LogP contribution is -2.37. The molecule has 0 saturated carbocycles. The van der Waals surface area contributed by atoms with E-state index >= 15 is 0 Å². The number of nitrogens with one attached hydrogen (secondary N) is 2. The van der Waals surface area contributed by atoms with Crippen LogP contribution >= 0.6 is 35.3 Å². The largest absolute Gasteiger partial charge is 0.381 e. The third-order valence-electron chi connectivity index (χ3n) is 4.70. The zero-order valence-electron chi connectivity index (χ0n) is 16.9. The topological polar surface area (TPSA) is 67.8 Å². The standard InChI is InChI=1S/C21H30N4O2S.HI/c1-22-21(23-10-5-11-27-15-17-8-12-26-13-9-17)24-14-20-25-19(16-28-20)18-6-3-2-4-7-18;/h2-4,6-7,16-17H,5,8-15H2,1H3,(H2,22,23,24);1H. The van der Waals surface area contributed by atoms with E-state index < -0.39 is 0 Å². The zero-order valence-corrected chi connectivity index (χ0v) is 20.1. The first kappa shape index (κ1) is 24.0. The highest BCUT2D eigenvalue weighted by Gasteiger charge is 2.13. The number of aromatic nitrogens is 1. The Hall–Kier alpha value is -1.23. The van der Waals surface area contributed by atoms with Crippen molar-refractivity contribution in [3.05, 3.63) is 40.7 Å². The summed E-state index contributed by atoms with van der Waals surface area (Å²) in [6.07, 6.45) is 3.20. The Morgan fingerprint density at radius 1 is 1.24 bits per heavy atom. The fourth-order valence-electron chi connectivity index (χ4n) is 3.06. The maximum absolute atomic E-state index is 5.80. The number of benzene rings is 1. The van der Waals surface area contributed by atoms with Crippen molar-refractivity contribution in [2.24, 2.45) is 10.9 Å². The average molecular weight is 530 g/mol. The van der Waals surface area contributed by atoms with Crippen LogP contribution in [0.4, 0.5) is 0 Å². The number of ether oxygens (including phenoxy) is 2. The molecule has 0 radical (unpaired) electrons. The van der Waals surface area contributed by atoms with Crippen LogP contribution in [0.2, 0.25) is 0 Å². The van der Waals surface area contributed by atoms with Crippen molar-refractivity contribution in [3.63, 3.8) is 0 Å². The van der Waals surface area contributed by atoms with Gasteiger partial charge in [0.1, 0.15) is 5.01 Å². The van der Waals surface area contributed by atoms with E-state index in [9.17, 15) is 0 Å². The number of aliphatic imine (C=N–C) groups is 1. The number of rotatable bonds is 9. The molecule has 3 rings (SSSR count). The van der Waals surface area contributed by atoms with Gasteiger partial charge >= 0.3 is 0 Å². The van der Waals surface area contributed by atoms with Crippen molar-refractivity contribution in [1.82, 2.24) is 15.6 Å². The summed E-state index contributed by atoms with van der Waals surface area (Å²) < 4.78 is 11.2. The molecule has 1 aliphatic heterocycles. The first-order valence-electron chi connectivity index (χ1n) is 9.95. The summed E-state index contributed by atoms with van der Waals surface area (Å²) in [6, 6.07) is 10.2. The van der Waals surface area contributed by atoms with E-state index in [1.165, 1.54) is 0 Å². The molecule has 2 aromatic rings. The highest BCUT2D eigenvalue weighted by atomic mass is 127. The molecule has 2 N–H and O–H groups in total. The van der Waals surface area contributed by atoms with Crippen LogP contribution in [0.25, 0.3) is 11.3 Å². The van der Waals surface area contributed by atoms with Gasteiger partial charge in [-0.15, -0.1) is 35.3 Å². The number of guanidine groups is 1. The van der Waals surface area contributed by atoms with Crippen molar-refractivity contribution in [2.45, 2.75) is 25.8 Å². The lowest BCUT2D eigenvalue weighted by atomic mass is 10.0. The molecule has 1 aliphatic rings. The Kier molecular flexibility index (Phi) is 11.5. The van der Waals surface area contributed by atoms with Crippen LogP contribution in [0.15, 0.2) is 40.7 Å². The smallest absolute Gasteiger partial charge is 0.191 e. The molecule has 0 spiro atoms. The molecule has 0 unspecified atom stereocenters. The predicted molar refractivity (Wildman–Crippen MR) is 130 cm³/mol. The van der Waals surface area contributed by atoms with Crippen LogP contribution in [0.1, 0.15) is 24.3 Å². The molecule has 1 saturated heterocycles. The molecule has 160 valence electrons. The number of hydrogen-bond donors (Lipinski definition) is 2. The van der Waals surface area contributed by atoms with Gasteiger partial charge in [0.15, 0.2) is 5.96 Å². The minimum atomic E-state index is 0. The average Bonchev–Trinajstić information content (AvgIpc) is 3.23. The summed E-state index contributed by atoms with van der Waals surface area (Å²) in [5.74, 6) is 1.45. The van der Waals surface area contributed by atoms with Gasteiger partial charge in [0.2, 0.25) is 0 Å². The Bertz CT molecular complexity index is 720. The first-order valence-corrected chi connectivity index (χ1v) is 10.8. The lowest BCUT2D eigenvalue weighted by Gasteiger charge is -2.21. The first-order chi connectivity index (χ1) is 13.8. The maximum Gasteiger partial charge on any atom is 0.191 e. The van der Waals surface area contributed by atoms with Crippen LogP contribution in [0.3, 0.4) is 0 Å². The van der Waals surface area contributed by atoms with Gasteiger partial charge in [0, 0.05) is 51.0 Å². The normalized spacial score (nSPS) is 15.0. The van der Waals surface area contributed by atoms with E-state index in [2.05, 4.69) is 33.1 Å².